The van der Waals surface area contributed by atoms with Gasteiger partial charge in [-0.2, -0.15) is 0 Å². The Morgan fingerprint density at radius 1 is 1.39 bits per heavy atom. The first kappa shape index (κ1) is 18.3. The van der Waals surface area contributed by atoms with Gasteiger partial charge in [0.1, 0.15) is 0 Å². The molecule has 0 aliphatic heterocycles. The molecule has 2 aliphatic rings. The summed E-state index contributed by atoms with van der Waals surface area (Å²) in [7, 11) is 0. The molecule has 0 amide bonds. The summed E-state index contributed by atoms with van der Waals surface area (Å²) >= 11 is 0. The Morgan fingerprint density at radius 3 is 2.70 bits per heavy atom. The number of aliphatic hydroxyl groups excluding tert-OH is 1. The fourth-order valence-corrected chi connectivity index (χ4v) is 5.37. The number of rotatable bonds is 5. The minimum atomic E-state index is -0.629. The van der Waals surface area contributed by atoms with Crippen LogP contribution in [0.1, 0.15) is 65.7 Å². The van der Waals surface area contributed by atoms with Gasteiger partial charge in [-0.3, -0.25) is 4.79 Å². The molecule has 2 saturated carbocycles. The summed E-state index contributed by atoms with van der Waals surface area (Å²) in [5.74, 6) is -0.00260. The molecule has 0 saturated heterocycles. The van der Waals surface area contributed by atoms with E-state index in [9.17, 15) is 9.90 Å². The van der Waals surface area contributed by atoms with Gasteiger partial charge >= 0.3 is 5.97 Å². The normalized spacial score (nSPS) is 38.3. The number of carboxylic acids is 1. The van der Waals surface area contributed by atoms with E-state index in [1.807, 2.05) is 13.0 Å². The third-order valence-corrected chi connectivity index (χ3v) is 6.78. The van der Waals surface area contributed by atoms with Crippen molar-refractivity contribution in [3.63, 3.8) is 0 Å². The van der Waals surface area contributed by atoms with E-state index in [0.29, 0.717) is 5.92 Å². The molecule has 0 aromatic rings. The van der Waals surface area contributed by atoms with E-state index in [2.05, 4.69) is 20.4 Å². The largest absolute Gasteiger partial charge is 0.481 e. The van der Waals surface area contributed by atoms with Gasteiger partial charge in [-0.15, -0.1) is 0 Å². The Kier molecular flexibility index (Phi) is 5.40. The van der Waals surface area contributed by atoms with E-state index >= 15 is 0 Å². The molecule has 2 aliphatic carbocycles. The summed E-state index contributed by atoms with van der Waals surface area (Å²) < 4.78 is 0. The second-order valence-electron chi connectivity index (χ2n) is 8.16. The SMILES string of the molecule is C=C1CC[C@@H]2[C@](C)(CCC[C@]2(C)C(=O)O)[C@H]1CCC(C)=CCO. The highest BCUT2D eigenvalue weighted by Crippen LogP contribution is 2.62. The van der Waals surface area contributed by atoms with Crippen molar-refractivity contribution in [3.8, 4) is 0 Å². The number of hydrogen-bond donors (Lipinski definition) is 2. The predicted molar refractivity (Wildman–Crippen MR) is 93.1 cm³/mol. The zero-order chi connectivity index (χ0) is 17.3. The maximum Gasteiger partial charge on any atom is 0.309 e. The zero-order valence-electron chi connectivity index (χ0n) is 14.9. The van der Waals surface area contributed by atoms with Gasteiger partial charge in [0, 0.05) is 0 Å². The van der Waals surface area contributed by atoms with Crippen LogP contribution < -0.4 is 0 Å². The number of allylic oxidation sites excluding steroid dienone is 2. The molecule has 0 spiro atoms. The van der Waals surface area contributed by atoms with Gasteiger partial charge in [0.25, 0.3) is 0 Å². The molecule has 23 heavy (non-hydrogen) atoms. The standard InChI is InChI=1S/C20H32O3/c1-14(10-13-21)6-8-16-15(2)7-9-17-19(16,3)11-5-12-20(17,4)18(22)23/h10,16-17,21H,2,5-9,11-13H2,1,3-4H3,(H,22,23)/t16-,17+,19+,20-/m0/s1. The van der Waals surface area contributed by atoms with Crippen LogP contribution in [0, 0.1) is 22.7 Å². The van der Waals surface area contributed by atoms with Crippen molar-refractivity contribution in [2.45, 2.75) is 65.7 Å². The minimum Gasteiger partial charge on any atom is -0.481 e. The lowest BCUT2D eigenvalue weighted by Crippen LogP contribution is -2.53. The molecule has 0 aromatic heterocycles. The summed E-state index contributed by atoms with van der Waals surface area (Å²) in [5, 5.41) is 18.9. The maximum atomic E-state index is 12.0. The summed E-state index contributed by atoms with van der Waals surface area (Å²) in [5.41, 5.74) is 1.96. The van der Waals surface area contributed by atoms with Crippen molar-refractivity contribution in [2.24, 2.45) is 22.7 Å². The highest BCUT2D eigenvalue weighted by Gasteiger charge is 2.57. The number of fused-ring (bicyclic) bond motifs is 1. The van der Waals surface area contributed by atoms with Crippen molar-refractivity contribution in [1.29, 1.82) is 0 Å². The number of carboxylic acid groups (broad SMARTS) is 1. The highest BCUT2D eigenvalue weighted by molar-refractivity contribution is 5.75. The molecule has 0 bridgehead atoms. The predicted octanol–water partition coefficient (Wildman–Crippen LogP) is 4.57. The topological polar surface area (TPSA) is 57.5 Å². The van der Waals surface area contributed by atoms with Gasteiger partial charge in [0.2, 0.25) is 0 Å². The molecular formula is C20H32O3. The Balaban J connectivity index is 2.26. The third kappa shape index (κ3) is 3.26. The number of aliphatic hydroxyl groups is 1. The van der Waals surface area contributed by atoms with E-state index in [-0.39, 0.29) is 17.9 Å². The van der Waals surface area contributed by atoms with Crippen LogP contribution in [0.2, 0.25) is 0 Å². The van der Waals surface area contributed by atoms with Gasteiger partial charge in [-0.1, -0.05) is 37.1 Å². The Labute approximate surface area is 140 Å². The highest BCUT2D eigenvalue weighted by atomic mass is 16.4. The lowest BCUT2D eigenvalue weighted by atomic mass is 9.46. The molecule has 0 unspecified atom stereocenters. The maximum absolute atomic E-state index is 12.0. The molecule has 2 fully saturated rings. The second-order valence-corrected chi connectivity index (χ2v) is 8.16. The fourth-order valence-electron chi connectivity index (χ4n) is 5.37. The fraction of sp³-hybridized carbons (Fsp3) is 0.750. The lowest BCUT2D eigenvalue weighted by molar-refractivity contribution is -0.164. The smallest absolute Gasteiger partial charge is 0.309 e. The van der Waals surface area contributed by atoms with Crippen LogP contribution in [0.4, 0.5) is 0 Å². The molecule has 0 heterocycles. The van der Waals surface area contributed by atoms with E-state index in [4.69, 9.17) is 5.11 Å². The minimum absolute atomic E-state index is 0.0419. The van der Waals surface area contributed by atoms with Crippen LogP contribution in [0.25, 0.3) is 0 Å². The molecule has 3 heteroatoms. The quantitative estimate of drug-likeness (QED) is 0.730. The van der Waals surface area contributed by atoms with Crippen LogP contribution in [-0.4, -0.2) is 22.8 Å². The Morgan fingerprint density at radius 2 is 2.09 bits per heavy atom. The third-order valence-electron chi connectivity index (χ3n) is 6.78. The zero-order valence-corrected chi connectivity index (χ0v) is 14.9. The van der Waals surface area contributed by atoms with Crippen LogP contribution in [0.15, 0.2) is 23.8 Å². The Bertz CT molecular complexity index is 507. The second kappa shape index (κ2) is 6.80. The van der Waals surface area contributed by atoms with Gasteiger partial charge in [0.05, 0.1) is 12.0 Å². The molecular weight excluding hydrogens is 288 g/mol. The van der Waals surface area contributed by atoms with Gasteiger partial charge in [0.15, 0.2) is 0 Å². The van der Waals surface area contributed by atoms with E-state index < -0.39 is 11.4 Å². The average molecular weight is 320 g/mol. The van der Waals surface area contributed by atoms with Crippen molar-refractivity contribution in [1.82, 2.24) is 0 Å². The van der Waals surface area contributed by atoms with Crippen LogP contribution in [0.3, 0.4) is 0 Å². The van der Waals surface area contributed by atoms with Gasteiger partial charge in [-0.25, -0.2) is 0 Å². The first-order valence-electron chi connectivity index (χ1n) is 8.93. The van der Waals surface area contributed by atoms with Crippen molar-refractivity contribution >= 4 is 5.97 Å². The van der Waals surface area contributed by atoms with Crippen LogP contribution in [0.5, 0.6) is 0 Å². The first-order valence-corrected chi connectivity index (χ1v) is 8.93. The van der Waals surface area contributed by atoms with Crippen molar-refractivity contribution < 1.29 is 15.0 Å². The summed E-state index contributed by atoms with van der Waals surface area (Å²) in [6, 6.07) is 0. The van der Waals surface area contributed by atoms with Crippen LogP contribution in [-0.2, 0) is 4.79 Å². The number of aliphatic carboxylic acids is 1. The molecule has 0 aromatic carbocycles. The molecule has 2 rings (SSSR count). The molecule has 0 radical (unpaired) electrons. The Hall–Kier alpha value is -1.09. The monoisotopic (exact) mass is 320 g/mol. The van der Waals surface area contributed by atoms with Crippen molar-refractivity contribution in [3.05, 3.63) is 23.8 Å². The lowest BCUT2D eigenvalue weighted by Gasteiger charge is -2.57. The number of hydrogen-bond acceptors (Lipinski definition) is 2. The average Bonchev–Trinajstić information content (AvgIpc) is 2.46. The van der Waals surface area contributed by atoms with Gasteiger partial charge < -0.3 is 10.2 Å². The van der Waals surface area contributed by atoms with E-state index in [1.165, 1.54) is 11.1 Å². The van der Waals surface area contributed by atoms with Gasteiger partial charge in [-0.05, 0) is 69.6 Å². The van der Waals surface area contributed by atoms with Crippen molar-refractivity contribution in [2.75, 3.05) is 6.61 Å². The number of carbonyl (C=O) groups is 1. The summed E-state index contributed by atoms with van der Waals surface area (Å²) in [6.07, 6.45) is 8.65. The summed E-state index contributed by atoms with van der Waals surface area (Å²) in [6.45, 7) is 10.7. The first-order chi connectivity index (χ1) is 10.8. The van der Waals surface area contributed by atoms with Crippen LogP contribution >= 0.6 is 0 Å². The van der Waals surface area contributed by atoms with E-state index in [1.54, 1.807) is 0 Å². The molecule has 4 atom stereocenters. The molecule has 130 valence electrons. The molecule has 3 nitrogen and oxygen atoms in total. The molecule has 2 N–H and O–H groups in total. The summed E-state index contributed by atoms with van der Waals surface area (Å²) in [4.78, 5) is 12.0. The van der Waals surface area contributed by atoms with E-state index in [0.717, 1.165) is 44.9 Å².